The molecule has 316 valence electrons. The number of likely N-dealkylation sites (tertiary alicyclic amines) is 2. The van der Waals surface area contributed by atoms with Crippen LogP contribution in [0.2, 0.25) is 0 Å². The Kier molecular flexibility index (Phi) is 12.6. The summed E-state index contributed by atoms with van der Waals surface area (Å²) in [6, 6.07) is 30.8. The smallest absolute Gasteiger partial charge is 0.407 e. The van der Waals surface area contributed by atoms with Crippen molar-refractivity contribution in [2.75, 3.05) is 27.3 Å². The van der Waals surface area contributed by atoms with Crippen LogP contribution >= 0.6 is 0 Å². The van der Waals surface area contributed by atoms with Gasteiger partial charge in [0.15, 0.2) is 0 Å². The summed E-state index contributed by atoms with van der Waals surface area (Å²) in [6.45, 7) is 1.11. The minimum atomic E-state index is -0.786. The van der Waals surface area contributed by atoms with Crippen LogP contribution in [0.3, 0.4) is 0 Å². The van der Waals surface area contributed by atoms with Crippen molar-refractivity contribution in [1.82, 2.24) is 40.4 Å². The summed E-state index contributed by atoms with van der Waals surface area (Å²) in [6.07, 6.45) is 4.28. The van der Waals surface area contributed by atoms with Crippen LogP contribution < -0.4 is 10.6 Å². The average molecular weight is 833 g/mol. The molecule has 14 nitrogen and oxygen atoms in total. The average Bonchev–Trinajstić information content (AvgIpc) is 4.15. The van der Waals surface area contributed by atoms with Crippen molar-refractivity contribution < 1.29 is 28.7 Å². The van der Waals surface area contributed by atoms with Crippen LogP contribution in [0, 0.1) is 11.8 Å². The van der Waals surface area contributed by atoms with E-state index in [1.165, 1.54) is 14.2 Å². The number of carbonyl (C=O) groups is 4. The van der Waals surface area contributed by atoms with E-state index < -0.39 is 24.3 Å². The second kappa shape index (κ2) is 18.9. The summed E-state index contributed by atoms with van der Waals surface area (Å²) >= 11 is 0. The summed E-state index contributed by atoms with van der Waals surface area (Å²) in [7, 11) is 2.57. The fraction of sp³-hybridized carbons (Fsp3) is 0.292. The molecule has 2 saturated heterocycles. The van der Waals surface area contributed by atoms with E-state index >= 15 is 0 Å². The van der Waals surface area contributed by atoms with Crippen LogP contribution in [0.4, 0.5) is 9.59 Å². The zero-order valence-electron chi connectivity index (χ0n) is 34.6. The molecule has 62 heavy (non-hydrogen) atoms. The number of benzene rings is 4. The zero-order valence-corrected chi connectivity index (χ0v) is 34.6. The quantitative estimate of drug-likeness (QED) is 0.106. The summed E-state index contributed by atoms with van der Waals surface area (Å²) in [5, 5.41) is 5.48. The monoisotopic (exact) mass is 832 g/mol. The van der Waals surface area contributed by atoms with Gasteiger partial charge in [-0.2, -0.15) is 0 Å². The topological polar surface area (TPSA) is 175 Å². The van der Waals surface area contributed by atoms with Gasteiger partial charge in [-0.3, -0.25) is 9.59 Å². The summed E-state index contributed by atoms with van der Waals surface area (Å²) < 4.78 is 9.68. The van der Waals surface area contributed by atoms with E-state index in [1.54, 1.807) is 16.0 Å². The number of hydrogen-bond donors (Lipinski definition) is 4. The van der Waals surface area contributed by atoms with Gasteiger partial charge in [0.1, 0.15) is 23.7 Å². The van der Waals surface area contributed by atoms with Crippen molar-refractivity contribution in [3.05, 3.63) is 143 Å². The summed E-state index contributed by atoms with van der Waals surface area (Å²) in [5.74, 6) is 7.56. The van der Waals surface area contributed by atoms with Gasteiger partial charge >= 0.3 is 12.2 Å². The molecular formula is C48H48N8O6. The summed E-state index contributed by atoms with van der Waals surface area (Å²) in [5.41, 5.74) is 6.85. The second-order valence-electron chi connectivity index (χ2n) is 15.5. The van der Waals surface area contributed by atoms with E-state index in [1.807, 2.05) is 103 Å². The molecule has 2 aromatic heterocycles. The molecule has 2 aliphatic rings. The number of carbonyl (C=O) groups excluding carboxylic acids is 4. The number of aromatic nitrogens is 4. The first-order chi connectivity index (χ1) is 30.3. The first-order valence-corrected chi connectivity index (χ1v) is 20.8. The molecule has 4 amide bonds. The number of H-pyrrole nitrogens is 2. The molecule has 8 rings (SSSR count). The number of fused-ring (bicyclic) bond motifs is 1. The number of imidazole rings is 2. The third-order valence-electron chi connectivity index (χ3n) is 11.5. The first-order valence-electron chi connectivity index (χ1n) is 20.8. The van der Waals surface area contributed by atoms with Crippen molar-refractivity contribution in [2.24, 2.45) is 0 Å². The van der Waals surface area contributed by atoms with Crippen LogP contribution in [-0.4, -0.2) is 93.1 Å². The number of methoxy groups -OCH3 is 2. The minimum Gasteiger partial charge on any atom is -0.453 e. The lowest BCUT2D eigenvalue weighted by molar-refractivity contribution is -0.135. The van der Waals surface area contributed by atoms with Crippen LogP contribution in [0.5, 0.6) is 0 Å². The normalized spacial score (nSPS) is 16.9. The number of ether oxygens (including phenoxy) is 2. The van der Waals surface area contributed by atoms with Gasteiger partial charge in [-0.15, -0.1) is 0 Å². The van der Waals surface area contributed by atoms with E-state index in [2.05, 4.69) is 32.4 Å². The predicted molar refractivity (Wildman–Crippen MR) is 232 cm³/mol. The second-order valence-corrected chi connectivity index (χ2v) is 15.5. The molecule has 2 fully saturated rings. The Morgan fingerprint density at radius 2 is 1.23 bits per heavy atom. The largest absolute Gasteiger partial charge is 0.453 e. The number of aromatic amines is 2. The van der Waals surface area contributed by atoms with Crippen LogP contribution in [0.1, 0.15) is 71.7 Å². The van der Waals surface area contributed by atoms with Gasteiger partial charge in [-0.05, 0) is 72.7 Å². The van der Waals surface area contributed by atoms with Gasteiger partial charge in [-0.1, -0.05) is 84.6 Å². The highest BCUT2D eigenvalue weighted by atomic mass is 16.5. The maximum Gasteiger partial charge on any atom is 0.407 e. The Balaban J connectivity index is 0.926. The number of alkyl carbamates (subject to hydrolysis) is 2. The van der Waals surface area contributed by atoms with Crippen molar-refractivity contribution in [3.8, 4) is 23.1 Å². The number of rotatable bonds is 11. The molecule has 0 unspecified atom stereocenters. The van der Waals surface area contributed by atoms with Crippen molar-refractivity contribution >= 4 is 35.0 Å². The zero-order chi connectivity index (χ0) is 43.0. The van der Waals surface area contributed by atoms with Gasteiger partial charge in [-0.25, -0.2) is 19.6 Å². The van der Waals surface area contributed by atoms with Crippen molar-refractivity contribution in [2.45, 2.75) is 62.7 Å². The maximum absolute atomic E-state index is 13.9. The van der Waals surface area contributed by atoms with E-state index in [0.717, 1.165) is 70.2 Å². The first kappa shape index (κ1) is 41.3. The highest BCUT2D eigenvalue weighted by Crippen LogP contribution is 2.34. The predicted octanol–water partition coefficient (Wildman–Crippen LogP) is 6.61. The van der Waals surface area contributed by atoms with Crippen LogP contribution in [0.25, 0.3) is 22.3 Å². The third-order valence-corrected chi connectivity index (χ3v) is 11.5. The van der Waals surface area contributed by atoms with E-state index in [-0.39, 0.29) is 23.9 Å². The highest BCUT2D eigenvalue weighted by Gasteiger charge is 2.38. The Hall–Kier alpha value is -7.40. The van der Waals surface area contributed by atoms with Gasteiger partial charge < -0.3 is 39.9 Å². The lowest BCUT2D eigenvalue weighted by Crippen LogP contribution is -2.49. The Morgan fingerprint density at radius 1 is 0.694 bits per heavy atom. The Bertz CT molecular complexity index is 2600. The number of nitrogens with one attached hydrogen (secondary N) is 4. The maximum atomic E-state index is 13.9. The number of hydrogen-bond acceptors (Lipinski definition) is 8. The van der Waals surface area contributed by atoms with Gasteiger partial charge in [0.2, 0.25) is 11.8 Å². The van der Waals surface area contributed by atoms with Crippen LogP contribution in [0.15, 0.2) is 109 Å². The number of amides is 4. The lowest BCUT2D eigenvalue weighted by Gasteiger charge is -2.28. The molecule has 0 bridgehead atoms. The molecule has 0 radical (unpaired) electrons. The fourth-order valence-corrected chi connectivity index (χ4v) is 8.33. The molecule has 0 aliphatic carbocycles. The third kappa shape index (κ3) is 9.47. The Labute approximate surface area is 359 Å². The molecule has 0 saturated carbocycles. The summed E-state index contributed by atoms with van der Waals surface area (Å²) in [4.78, 5) is 72.3. The van der Waals surface area contributed by atoms with Gasteiger partial charge in [0.05, 0.1) is 49.2 Å². The van der Waals surface area contributed by atoms with Crippen molar-refractivity contribution in [3.63, 3.8) is 0 Å². The Morgan fingerprint density at radius 3 is 1.79 bits per heavy atom. The van der Waals surface area contributed by atoms with E-state index in [9.17, 15) is 19.2 Å². The standard InChI is InChI=1S/C48H48N8O6/c1-61-47(59)53-38(28-32-11-5-3-6-12-32)45(57)55-25-9-15-41(55)43-49-30-40(52-43)35-22-19-31(20-23-35)17-18-34-21-24-36-37(27-34)51-44(50-36)42-16-10-26-56(42)46(58)39(54-48(60)62-2)29-33-13-7-4-8-14-33/h3-8,11-14,19-24,27,30,38-39,41-42H,9-10,15-16,25-26,28-29H2,1-2H3,(H,49,52)(H,50,51)(H,53,59)(H,54,60)/t38-,39-,41-,42-/m0/s1. The fourth-order valence-electron chi connectivity index (χ4n) is 8.33. The molecular weight excluding hydrogens is 785 g/mol. The highest BCUT2D eigenvalue weighted by molar-refractivity contribution is 5.87. The molecule has 4 N–H and O–H groups in total. The van der Waals surface area contributed by atoms with Gasteiger partial charge in [0, 0.05) is 37.1 Å². The van der Waals surface area contributed by atoms with Gasteiger partial charge in [0.25, 0.3) is 0 Å². The molecule has 6 aromatic rings. The SMILES string of the molecule is COC(=O)N[C@@H](Cc1ccccc1)C(=O)N1CCC[C@H]1c1ncc(-c2ccc(C#Cc3ccc4nc([C@@H]5CCCN5C(=O)[C@H](Cc5ccccc5)NC(=O)OC)[nH]c4c3)cc2)[nH]1. The van der Waals surface area contributed by atoms with E-state index in [4.69, 9.17) is 19.4 Å². The number of nitrogens with zero attached hydrogens (tertiary/aromatic N) is 4. The lowest BCUT2D eigenvalue weighted by atomic mass is 10.0. The molecule has 4 aromatic carbocycles. The molecule has 4 heterocycles. The molecule has 2 aliphatic heterocycles. The molecule has 14 heteroatoms. The van der Waals surface area contributed by atoms with E-state index in [0.29, 0.717) is 37.6 Å². The van der Waals surface area contributed by atoms with Crippen LogP contribution in [-0.2, 0) is 31.9 Å². The molecule has 4 atom stereocenters. The minimum absolute atomic E-state index is 0.179. The molecule has 0 spiro atoms. The van der Waals surface area contributed by atoms with Crippen molar-refractivity contribution in [1.29, 1.82) is 0 Å².